The molecule has 0 aliphatic heterocycles. The van der Waals surface area contributed by atoms with Gasteiger partial charge >= 0.3 is 0 Å². The molecule has 0 heterocycles. The molecule has 2 bridgehead atoms. The summed E-state index contributed by atoms with van der Waals surface area (Å²) in [6.45, 7) is 6.85. The van der Waals surface area contributed by atoms with E-state index in [0.29, 0.717) is 21.5 Å². The van der Waals surface area contributed by atoms with Crippen LogP contribution in [0.5, 0.6) is 0 Å². The third-order valence-corrected chi connectivity index (χ3v) is 6.27. The standard InChI is InChI=1S/C17H21Cl2NO/c1-16(2)10-6-7-17(3,9-10)15(16)20-14(21)12-5-4-11(18)8-13(12)19/h4-5,8,10,15H,6-7,9H2,1-3H3,(H,20,21). The molecule has 1 aromatic rings. The summed E-state index contributed by atoms with van der Waals surface area (Å²) in [7, 11) is 0. The number of fused-ring (bicyclic) bond motifs is 2. The molecule has 0 aromatic heterocycles. The zero-order valence-electron chi connectivity index (χ0n) is 12.7. The second-order valence-electron chi connectivity index (χ2n) is 7.45. The van der Waals surface area contributed by atoms with Crippen molar-refractivity contribution in [3.63, 3.8) is 0 Å². The predicted molar refractivity (Wildman–Crippen MR) is 86.9 cm³/mol. The van der Waals surface area contributed by atoms with Crippen LogP contribution < -0.4 is 5.32 Å². The second kappa shape index (κ2) is 4.89. The van der Waals surface area contributed by atoms with Crippen molar-refractivity contribution in [3.8, 4) is 0 Å². The molecule has 1 N–H and O–H groups in total. The van der Waals surface area contributed by atoms with Crippen molar-refractivity contribution < 1.29 is 4.79 Å². The molecule has 2 nitrogen and oxygen atoms in total. The fraction of sp³-hybridized carbons (Fsp3) is 0.588. The molecule has 4 heteroatoms. The first-order valence-electron chi connectivity index (χ1n) is 7.50. The molecule has 1 amide bonds. The maximum atomic E-state index is 12.6. The first-order chi connectivity index (χ1) is 9.74. The number of amides is 1. The summed E-state index contributed by atoms with van der Waals surface area (Å²) < 4.78 is 0. The number of carbonyl (C=O) groups excluding carboxylic acids is 1. The van der Waals surface area contributed by atoms with Crippen molar-refractivity contribution in [2.45, 2.75) is 46.1 Å². The van der Waals surface area contributed by atoms with E-state index >= 15 is 0 Å². The van der Waals surface area contributed by atoms with E-state index < -0.39 is 0 Å². The number of carbonyl (C=O) groups is 1. The van der Waals surface area contributed by atoms with Gasteiger partial charge in [-0.3, -0.25) is 4.79 Å². The van der Waals surface area contributed by atoms with Crippen LogP contribution in [0.25, 0.3) is 0 Å². The number of benzene rings is 1. The normalized spacial score (nSPS) is 33.2. The Morgan fingerprint density at radius 2 is 2.00 bits per heavy atom. The molecule has 2 aliphatic carbocycles. The Balaban J connectivity index is 1.85. The SMILES string of the molecule is CC12CCC(C1)C(C)(C)C2NC(=O)c1ccc(Cl)cc1Cl. The smallest absolute Gasteiger partial charge is 0.253 e. The Bertz CT molecular complexity index is 594. The molecule has 3 rings (SSSR count). The van der Waals surface area contributed by atoms with Gasteiger partial charge in [0.1, 0.15) is 0 Å². The van der Waals surface area contributed by atoms with Crippen LogP contribution in [0.2, 0.25) is 10.0 Å². The topological polar surface area (TPSA) is 29.1 Å². The van der Waals surface area contributed by atoms with Crippen molar-refractivity contribution in [1.29, 1.82) is 0 Å². The fourth-order valence-electron chi connectivity index (χ4n) is 4.54. The third-order valence-electron chi connectivity index (χ3n) is 5.72. The van der Waals surface area contributed by atoms with Gasteiger partial charge in [-0.15, -0.1) is 0 Å². The van der Waals surface area contributed by atoms with E-state index in [0.717, 1.165) is 0 Å². The van der Waals surface area contributed by atoms with Crippen LogP contribution in [-0.4, -0.2) is 11.9 Å². The van der Waals surface area contributed by atoms with E-state index in [1.165, 1.54) is 19.3 Å². The van der Waals surface area contributed by atoms with Gasteiger partial charge in [0.15, 0.2) is 0 Å². The summed E-state index contributed by atoms with van der Waals surface area (Å²) in [5, 5.41) is 4.20. The molecule has 2 aliphatic rings. The molecule has 1 aromatic carbocycles. The van der Waals surface area contributed by atoms with E-state index in [1.54, 1.807) is 18.2 Å². The first-order valence-corrected chi connectivity index (χ1v) is 8.25. The Labute approximate surface area is 136 Å². The molecule has 21 heavy (non-hydrogen) atoms. The lowest BCUT2D eigenvalue weighted by molar-refractivity contribution is 0.0737. The van der Waals surface area contributed by atoms with E-state index in [-0.39, 0.29) is 22.8 Å². The lowest BCUT2D eigenvalue weighted by atomic mass is 9.68. The summed E-state index contributed by atoms with van der Waals surface area (Å²) in [4.78, 5) is 12.6. The number of rotatable bonds is 2. The Morgan fingerprint density at radius 3 is 2.57 bits per heavy atom. The summed E-state index contributed by atoms with van der Waals surface area (Å²) in [5.74, 6) is 0.608. The molecular weight excluding hydrogens is 305 g/mol. The van der Waals surface area contributed by atoms with Crippen molar-refractivity contribution in [3.05, 3.63) is 33.8 Å². The van der Waals surface area contributed by atoms with Gasteiger partial charge < -0.3 is 5.32 Å². The zero-order valence-corrected chi connectivity index (χ0v) is 14.2. The van der Waals surface area contributed by atoms with Gasteiger partial charge in [0.25, 0.3) is 5.91 Å². The fourth-order valence-corrected chi connectivity index (χ4v) is 5.04. The largest absolute Gasteiger partial charge is 0.348 e. The highest BCUT2D eigenvalue weighted by Gasteiger charge is 2.59. The van der Waals surface area contributed by atoms with Gasteiger partial charge in [-0.25, -0.2) is 0 Å². The molecule has 3 unspecified atom stereocenters. The molecule has 0 saturated heterocycles. The molecular formula is C17H21Cl2NO. The summed E-state index contributed by atoms with van der Waals surface area (Å²) in [6, 6.07) is 5.22. The minimum absolute atomic E-state index is 0.0940. The maximum absolute atomic E-state index is 12.6. The summed E-state index contributed by atoms with van der Waals surface area (Å²) in [6.07, 6.45) is 3.68. The molecule has 0 spiro atoms. The summed E-state index contributed by atoms with van der Waals surface area (Å²) >= 11 is 12.0. The van der Waals surface area contributed by atoms with E-state index in [2.05, 4.69) is 26.1 Å². The minimum Gasteiger partial charge on any atom is -0.348 e. The molecule has 0 radical (unpaired) electrons. The van der Waals surface area contributed by atoms with Gasteiger partial charge in [-0.1, -0.05) is 44.0 Å². The van der Waals surface area contributed by atoms with Gasteiger partial charge in [0, 0.05) is 11.1 Å². The molecule has 114 valence electrons. The Hall–Kier alpha value is -0.730. The maximum Gasteiger partial charge on any atom is 0.253 e. The highest BCUT2D eigenvalue weighted by atomic mass is 35.5. The van der Waals surface area contributed by atoms with E-state index in [9.17, 15) is 4.79 Å². The Kier molecular flexibility index (Phi) is 3.53. The van der Waals surface area contributed by atoms with Crippen LogP contribution in [0.3, 0.4) is 0 Å². The quantitative estimate of drug-likeness (QED) is 0.819. The van der Waals surface area contributed by atoms with Gasteiger partial charge in [-0.2, -0.15) is 0 Å². The van der Waals surface area contributed by atoms with Crippen LogP contribution in [0.4, 0.5) is 0 Å². The number of nitrogens with one attached hydrogen (secondary N) is 1. The minimum atomic E-state index is -0.0940. The van der Waals surface area contributed by atoms with Gasteiger partial charge in [0.2, 0.25) is 0 Å². The average Bonchev–Trinajstić information content (AvgIpc) is 2.85. The first kappa shape index (κ1) is 15.2. The van der Waals surface area contributed by atoms with E-state index in [4.69, 9.17) is 23.2 Å². The highest BCUT2D eigenvalue weighted by Crippen LogP contribution is 2.62. The predicted octanol–water partition coefficient (Wildman–Crippen LogP) is 4.94. The van der Waals surface area contributed by atoms with E-state index in [1.807, 2.05) is 0 Å². The van der Waals surface area contributed by atoms with Crippen LogP contribution in [-0.2, 0) is 0 Å². The highest BCUT2D eigenvalue weighted by molar-refractivity contribution is 6.36. The van der Waals surface area contributed by atoms with Crippen LogP contribution >= 0.6 is 23.2 Å². The van der Waals surface area contributed by atoms with Gasteiger partial charge in [0.05, 0.1) is 10.6 Å². The van der Waals surface area contributed by atoms with Crippen molar-refractivity contribution in [2.75, 3.05) is 0 Å². The second-order valence-corrected chi connectivity index (χ2v) is 8.29. The van der Waals surface area contributed by atoms with Crippen molar-refractivity contribution >= 4 is 29.1 Å². The van der Waals surface area contributed by atoms with Crippen molar-refractivity contribution in [1.82, 2.24) is 5.32 Å². The molecule has 3 atom stereocenters. The summed E-state index contributed by atoms with van der Waals surface area (Å²) in [5.41, 5.74) is 0.854. The van der Waals surface area contributed by atoms with Crippen LogP contribution in [0.1, 0.15) is 50.4 Å². The monoisotopic (exact) mass is 325 g/mol. The van der Waals surface area contributed by atoms with Crippen LogP contribution in [0.15, 0.2) is 18.2 Å². The number of halogens is 2. The zero-order chi connectivity index (χ0) is 15.4. The van der Waals surface area contributed by atoms with Crippen LogP contribution in [0, 0.1) is 16.7 Å². The number of hydrogen-bond acceptors (Lipinski definition) is 1. The lowest BCUT2D eigenvalue weighted by Gasteiger charge is -2.43. The number of hydrogen-bond donors (Lipinski definition) is 1. The lowest BCUT2D eigenvalue weighted by Crippen LogP contribution is -2.52. The average molecular weight is 326 g/mol. The molecule has 2 fully saturated rings. The third kappa shape index (κ3) is 2.37. The van der Waals surface area contributed by atoms with Crippen molar-refractivity contribution in [2.24, 2.45) is 16.7 Å². The molecule has 2 saturated carbocycles. The van der Waals surface area contributed by atoms with Gasteiger partial charge in [-0.05, 0) is 54.2 Å². The Morgan fingerprint density at radius 1 is 1.29 bits per heavy atom.